The number of hydrogen-bond acceptors (Lipinski definition) is 3. The number of aromatic nitrogens is 2. The Morgan fingerprint density at radius 3 is 2.69 bits per heavy atom. The third-order valence-corrected chi connectivity index (χ3v) is 2.21. The second-order valence-electron chi connectivity index (χ2n) is 3.43. The molecule has 82 valence electrons. The Kier molecular flexibility index (Phi) is 2.36. The quantitative estimate of drug-likeness (QED) is 0.802. The molecule has 0 aliphatic carbocycles. The first kappa shape index (κ1) is 10.2. The van der Waals surface area contributed by atoms with Crippen LogP contribution in [0.2, 0.25) is 0 Å². The van der Waals surface area contributed by atoms with E-state index >= 15 is 0 Å². The van der Waals surface area contributed by atoms with Crippen LogP contribution in [0.15, 0.2) is 30.7 Å². The Morgan fingerprint density at radius 1 is 1.44 bits per heavy atom. The van der Waals surface area contributed by atoms with Crippen LogP contribution in [0.1, 0.15) is 16.1 Å². The monoisotopic (exact) mass is 218 g/mol. The molecule has 0 unspecified atom stereocenters. The van der Waals surface area contributed by atoms with E-state index in [0.29, 0.717) is 5.69 Å². The van der Waals surface area contributed by atoms with Crippen molar-refractivity contribution in [2.45, 2.75) is 6.92 Å². The second-order valence-corrected chi connectivity index (χ2v) is 3.43. The van der Waals surface area contributed by atoms with Crippen molar-refractivity contribution in [1.82, 2.24) is 9.55 Å². The highest BCUT2D eigenvalue weighted by Crippen LogP contribution is 2.23. The Hall–Kier alpha value is -2.30. The van der Waals surface area contributed by atoms with Gasteiger partial charge in [0.15, 0.2) is 0 Å². The minimum atomic E-state index is -1.07. The molecule has 1 aromatic carbocycles. The number of carboxylic acid groups (broad SMARTS) is 1. The summed E-state index contributed by atoms with van der Waals surface area (Å²) < 4.78 is 1.64. The molecule has 2 aromatic rings. The van der Waals surface area contributed by atoms with Crippen LogP contribution < -0.4 is 0 Å². The van der Waals surface area contributed by atoms with E-state index < -0.39 is 5.97 Å². The fraction of sp³-hybridized carbons (Fsp3) is 0.0909. The maximum atomic E-state index is 10.7. The summed E-state index contributed by atoms with van der Waals surface area (Å²) >= 11 is 0. The molecule has 0 aliphatic rings. The van der Waals surface area contributed by atoms with Gasteiger partial charge in [0.05, 0.1) is 23.3 Å². The van der Waals surface area contributed by atoms with E-state index in [4.69, 9.17) is 5.11 Å². The van der Waals surface area contributed by atoms with Crippen molar-refractivity contribution in [2.75, 3.05) is 0 Å². The smallest absolute Gasteiger partial charge is 0.335 e. The van der Waals surface area contributed by atoms with Gasteiger partial charge in [-0.1, -0.05) is 0 Å². The molecule has 16 heavy (non-hydrogen) atoms. The predicted octanol–water partition coefficient (Wildman–Crippen LogP) is 1.58. The number of rotatable bonds is 2. The van der Waals surface area contributed by atoms with Crippen molar-refractivity contribution in [3.05, 3.63) is 42.0 Å². The van der Waals surface area contributed by atoms with Gasteiger partial charge >= 0.3 is 5.97 Å². The molecule has 0 radical (unpaired) electrons. The van der Waals surface area contributed by atoms with Crippen molar-refractivity contribution < 1.29 is 15.0 Å². The van der Waals surface area contributed by atoms with Crippen molar-refractivity contribution in [3.63, 3.8) is 0 Å². The molecule has 2 N–H and O–H groups in total. The number of aromatic carboxylic acids is 1. The van der Waals surface area contributed by atoms with E-state index in [0.717, 1.165) is 5.69 Å². The lowest BCUT2D eigenvalue weighted by atomic mass is 10.2. The zero-order valence-corrected chi connectivity index (χ0v) is 8.58. The van der Waals surface area contributed by atoms with Gasteiger partial charge in [0, 0.05) is 6.20 Å². The summed E-state index contributed by atoms with van der Waals surface area (Å²) in [6, 6.07) is 4.19. The van der Waals surface area contributed by atoms with Crippen LogP contribution >= 0.6 is 0 Å². The SMILES string of the molecule is Cc1cn(-c2ccc(C(=O)O)cc2O)cn1. The van der Waals surface area contributed by atoms with Gasteiger partial charge in [0.25, 0.3) is 0 Å². The van der Waals surface area contributed by atoms with Crippen LogP contribution in [0.4, 0.5) is 0 Å². The average Bonchev–Trinajstić information content (AvgIpc) is 2.64. The van der Waals surface area contributed by atoms with Gasteiger partial charge in [-0.05, 0) is 25.1 Å². The number of carbonyl (C=O) groups is 1. The third kappa shape index (κ3) is 1.75. The molecule has 1 heterocycles. The molecule has 0 amide bonds. The summed E-state index contributed by atoms with van der Waals surface area (Å²) in [4.78, 5) is 14.7. The first-order chi connectivity index (χ1) is 7.58. The lowest BCUT2D eigenvalue weighted by Gasteiger charge is -2.05. The van der Waals surface area contributed by atoms with Crippen LogP contribution in [0.25, 0.3) is 5.69 Å². The Labute approximate surface area is 91.6 Å². The van der Waals surface area contributed by atoms with Crippen molar-refractivity contribution in [3.8, 4) is 11.4 Å². The van der Waals surface area contributed by atoms with Crippen LogP contribution in [0.3, 0.4) is 0 Å². The molecule has 0 saturated heterocycles. The largest absolute Gasteiger partial charge is 0.506 e. The number of carboxylic acids is 1. The standard InChI is InChI=1S/C11H10N2O3/c1-7-5-13(6-12-7)9-3-2-8(11(15)16)4-10(9)14/h2-6,14H,1H3,(H,15,16). The van der Waals surface area contributed by atoms with E-state index in [9.17, 15) is 9.90 Å². The van der Waals surface area contributed by atoms with Crippen molar-refractivity contribution >= 4 is 5.97 Å². The summed E-state index contributed by atoms with van der Waals surface area (Å²) in [6.45, 7) is 1.83. The average molecular weight is 218 g/mol. The second kappa shape index (κ2) is 3.69. The number of imidazole rings is 1. The number of aryl methyl sites for hydroxylation is 1. The number of hydrogen-bond donors (Lipinski definition) is 2. The fourth-order valence-corrected chi connectivity index (χ4v) is 1.43. The van der Waals surface area contributed by atoms with Crippen LogP contribution in [0, 0.1) is 6.92 Å². The summed E-state index contributed by atoms with van der Waals surface area (Å²) in [5.74, 6) is -1.15. The molecule has 1 aromatic heterocycles. The van der Waals surface area contributed by atoms with Crippen molar-refractivity contribution in [2.24, 2.45) is 0 Å². The maximum absolute atomic E-state index is 10.7. The van der Waals surface area contributed by atoms with Gasteiger partial charge in [0.2, 0.25) is 0 Å². The molecule has 5 nitrogen and oxygen atoms in total. The van der Waals surface area contributed by atoms with E-state index in [2.05, 4.69) is 4.98 Å². The first-order valence-electron chi connectivity index (χ1n) is 4.65. The topological polar surface area (TPSA) is 75.4 Å². The highest BCUT2D eigenvalue weighted by molar-refractivity contribution is 5.88. The molecule has 0 bridgehead atoms. The normalized spacial score (nSPS) is 10.3. The Balaban J connectivity index is 2.47. The number of phenols is 1. The summed E-state index contributed by atoms with van der Waals surface area (Å²) in [7, 11) is 0. The number of phenolic OH excluding ortho intramolecular Hbond substituents is 1. The lowest BCUT2D eigenvalue weighted by Crippen LogP contribution is -1.98. The van der Waals surface area contributed by atoms with Crippen LogP contribution in [0.5, 0.6) is 5.75 Å². The molecular weight excluding hydrogens is 208 g/mol. The molecule has 0 aliphatic heterocycles. The highest BCUT2D eigenvalue weighted by Gasteiger charge is 2.08. The molecule has 5 heteroatoms. The number of nitrogens with zero attached hydrogens (tertiary/aromatic N) is 2. The van der Waals surface area contributed by atoms with Gasteiger partial charge < -0.3 is 14.8 Å². The fourth-order valence-electron chi connectivity index (χ4n) is 1.43. The van der Waals surface area contributed by atoms with Gasteiger partial charge in [-0.3, -0.25) is 0 Å². The van der Waals surface area contributed by atoms with E-state index in [1.54, 1.807) is 23.2 Å². The minimum Gasteiger partial charge on any atom is -0.506 e. The summed E-state index contributed by atoms with van der Waals surface area (Å²) in [5.41, 5.74) is 1.38. The third-order valence-electron chi connectivity index (χ3n) is 2.21. The zero-order chi connectivity index (χ0) is 11.7. The highest BCUT2D eigenvalue weighted by atomic mass is 16.4. The van der Waals surface area contributed by atoms with Gasteiger partial charge in [-0.2, -0.15) is 0 Å². The minimum absolute atomic E-state index is 0.0538. The molecular formula is C11H10N2O3. The molecule has 0 spiro atoms. The van der Waals surface area contributed by atoms with Crippen molar-refractivity contribution in [1.29, 1.82) is 0 Å². The maximum Gasteiger partial charge on any atom is 0.335 e. The van der Waals surface area contributed by atoms with E-state index in [1.165, 1.54) is 12.1 Å². The Morgan fingerprint density at radius 2 is 2.19 bits per heavy atom. The van der Waals surface area contributed by atoms with Crippen LogP contribution in [-0.2, 0) is 0 Å². The predicted molar refractivity (Wildman–Crippen MR) is 56.9 cm³/mol. The van der Waals surface area contributed by atoms with Gasteiger partial charge in [-0.25, -0.2) is 9.78 Å². The number of aromatic hydroxyl groups is 1. The molecule has 0 atom stereocenters. The molecule has 0 saturated carbocycles. The Bertz CT molecular complexity index is 546. The lowest BCUT2D eigenvalue weighted by molar-refractivity contribution is 0.0696. The number of benzene rings is 1. The first-order valence-corrected chi connectivity index (χ1v) is 4.65. The molecule has 0 fully saturated rings. The van der Waals surface area contributed by atoms with Gasteiger partial charge in [0.1, 0.15) is 5.75 Å². The zero-order valence-electron chi connectivity index (χ0n) is 8.58. The molecule has 2 rings (SSSR count). The van der Waals surface area contributed by atoms with E-state index in [1.807, 2.05) is 6.92 Å². The van der Waals surface area contributed by atoms with Crippen LogP contribution in [-0.4, -0.2) is 25.7 Å². The summed E-state index contributed by atoms with van der Waals surface area (Å²) in [6.07, 6.45) is 3.31. The van der Waals surface area contributed by atoms with E-state index in [-0.39, 0.29) is 11.3 Å². The summed E-state index contributed by atoms with van der Waals surface area (Å²) in [5, 5.41) is 18.4. The van der Waals surface area contributed by atoms with Gasteiger partial charge in [-0.15, -0.1) is 0 Å².